The largest absolute Gasteiger partial charge is 0.497 e. The van der Waals surface area contributed by atoms with Crippen molar-refractivity contribution in [3.63, 3.8) is 0 Å². The lowest BCUT2D eigenvalue weighted by Crippen LogP contribution is -2.25. The topological polar surface area (TPSA) is 81.5 Å². The average Bonchev–Trinajstić information content (AvgIpc) is 2.66. The molecule has 0 aromatic heterocycles. The molecule has 0 heterocycles. The van der Waals surface area contributed by atoms with Gasteiger partial charge in [0, 0.05) is 25.1 Å². The van der Waals surface area contributed by atoms with Gasteiger partial charge >= 0.3 is 0 Å². The SMILES string of the molecule is COc1ccc(CCCCC(=O)NCCc2ccc([N+](=O)[O-])cc2)cc1. The quantitative estimate of drug-likeness (QED) is 0.400. The summed E-state index contributed by atoms with van der Waals surface area (Å²) in [6.45, 7) is 0.537. The van der Waals surface area contributed by atoms with Crippen LogP contribution in [0.3, 0.4) is 0 Å². The van der Waals surface area contributed by atoms with Crippen molar-refractivity contribution >= 4 is 11.6 Å². The van der Waals surface area contributed by atoms with Crippen LogP contribution < -0.4 is 10.1 Å². The van der Waals surface area contributed by atoms with Crippen LogP contribution >= 0.6 is 0 Å². The van der Waals surface area contributed by atoms with Gasteiger partial charge in [0.05, 0.1) is 12.0 Å². The molecule has 0 aliphatic carbocycles. The van der Waals surface area contributed by atoms with Crippen LogP contribution in [0.1, 0.15) is 30.4 Å². The number of carbonyl (C=O) groups is 1. The van der Waals surface area contributed by atoms with Crippen LogP contribution in [-0.2, 0) is 17.6 Å². The maximum atomic E-state index is 11.9. The molecule has 26 heavy (non-hydrogen) atoms. The summed E-state index contributed by atoms with van der Waals surface area (Å²) in [7, 11) is 1.65. The summed E-state index contributed by atoms with van der Waals surface area (Å²) < 4.78 is 5.13. The molecule has 0 spiro atoms. The van der Waals surface area contributed by atoms with E-state index in [1.807, 2.05) is 24.3 Å². The number of amides is 1. The van der Waals surface area contributed by atoms with Gasteiger partial charge in [-0.1, -0.05) is 24.3 Å². The fourth-order valence-corrected chi connectivity index (χ4v) is 2.63. The molecule has 0 unspecified atom stereocenters. The van der Waals surface area contributed by atoms with E-state index in [0.717, 1.165) is 30.6 Å². The molecule has 6 heteroatoms. The lowest BCUT2D eigenvalue weighted by Gasteiger charge is -2.06. The smallest absolute Gasteiger partial charge is 0.269 e. The molecule has 2 rings (SSSR count). The number of nitrogens with one attached hydrogen (secondary N) is 1. The molecule has 0 fully saturated rings. The van der Waals surface area contributed by atoms with Crippen LogP contribution in [0.25, 0.3) is 0 Å². The summed E-state index contributed by atoms with van der Waals surface area (Å²) in [5.74, 6) is 0.891. The molecule has 2 aromatic carbocycles. The summed E-state index contributed by atoms with van der Waals surface area (Å²) in [5.41, 5.74) is 2.29. The van der Waals surface area contributed by atoms with E-state index < -0.39 is 4.92 Å². The number of benzene rings is 2. The first-order valence-corrected chi connectivity index (χ1v) is 8.71. The monoisotopic (exact) mass is 356 g/mol. The maximum Gasteiger partial charge on any atom is 0.269 e. The molecular formula is C20H24N2O4. The fraction of sp³-hybridized carbons (Fsp3) is 0.350. The fourth-order valence-electron chi connectivity index (χ4n) is 2.63. The minimum Gasteiger partial charge on any atom is -0.497 e. The van der Waals surface area contributed by atoms with E-state index in [-0.39, 0.29) is 11.6 Å². The molecule has 0 bridgehead atoms. The second-order valence-corrected chi connectivity index (χ2v) is 6.08. The summed E-state index contributed by atoms with van der Waals surface area (Å²) in [5, 5.41) is 13.5. The number of nitro benzene ring substituents is 1. The third-order valence-electron chi connectivity index (χ3n) is 4.16. The van der Waals surface area contributed by atoms with Crippen molar-refractivity contribution in [3.8, 4) is 5.75 Å². The average molecular weight is 356 g/mol. The molecule has 2 aromatic rings. The third-order valence-corrected chi connectivity index (χ3v) is 4.16. The van der Waals surface area contributed by atoms with Crippen molar-refractivity contribution in [2.75, 3.05) is 13.7 Å². The number of carbonyl (C=O) groups excluding carboxylic acids is 1. The number of hydrogen-bond donors (Lipinski definition) is 1. The Morgan fingerprint density at radius 2 is 1.62 bits per heavy atom. The highest BCUT2D eigenvalue weighted by Gasteiger charge is 2.05. The second kappa shape index (κ2) is 10.2. The predicted octanol–water partition coefficient (Wildman–Crippen LogP) is 3.68. The van der Waals surface area contributed by atoms with Gasteiger partial charge in [-0.15, -0.1) is 0 Å². The first-order chi connectivity index (χ1) is 12.6. The number of nitro groups is 1. The van der Waals surface area contributed by atoms with Crippen LogP contribution in [0.5, 0.6) is 5.75 Å². The van der Waals surface area contributed by atoms with Gasteiger partial charge < -0.3 is 10.1 Å². The van der Waals surface area contributed by atoms with E-state index in [2.05, 4.69) is 5.32 Å². The van der Waals surface area contributed by atoms with Gasteiger partial charge in [-0.05, 0) is 48.9 Å². The van der Waals surface area contributed by atoms with Crippen molar-refractivity contribution in [3.05, 3.63) is 69.8 Å². The van der Waals surface area contributed by atoms with Crippen molar-refractivity contribution in [2.24, 2.45) is 0 Å². The number of aryl methyl sites for hydroxylation is 1. The Morgan fingerprint density at radius 1 is 1.00 bits per heavy atom. The number of nitrogens with zero attached hydrogens (tertiary/aromatic N) is 1. The van der Waals surface area contributed by atoms with E-state index >= 15 is 0 Å². The highest BCUT2D eigenvalue weighted by atomic mass is 16.6. The van der Waals surface area contributed by atoms with Crippen LogP contribution in [0.15, 0.2) is 48.5 Å². The van der Waals surface area contributed by atoms with Crippen LogP contribution in [0, 0.1) is 10.1 Å². The maximum absolute atomic E-state index is 11.9. The van der Waals surface area contributed by atoms with Gasteiger partial charge in [-0.25, -0.2) is 0 Å². The second-order valence-electron chi connectivity index (χ2n) is 6.08. The summed E-state index contributed by atoms with van der Waals surface area (Å²) in [4.78, 5) is 22.0. The van der Waals surface area contributed by atoms with Gasteiger partial charge in [-0.2, -0.15) is 0 Å². The van der Waals surface area contributed by atoms with Crippen LogP contribution in [-0.4, -0.2) is 24.5 Å². The highest BCUT2D eigenvalue weighted by Crippen LogP contribution is 2.14. The molecule has 0 aliphatic rings. The highest BCUT2D eigenvalue weighted by molar-refractivity contribution is 5.75. The Balaban J connectivity index is 1.59. The van der Waals surface area contributed by atoms with Gasteiger partial charge in [0.25, 0.3) is 5.69 Å². The van der Waals surface area contributed by atoms with E-state index in [0.29, 0.717) is 19.4 Å². The van der Waals surface area contributed by atoms with Gasteiger partial charge in [-0.3, -0.25) is 14.9 Å². The van der Waals surface area contributed by atoms with Crippen molar-refractivity contribution < 1.29 is 14.5 Å². The first-order valence-electron chi connectivity index (χ1n) is 8.71. The first kappa shape index (κ1) is 19.4. The molecule has 6 nitrogen and oxygen atoms in total. The normalized spacial score (nSPS) is 10.3. The van der Waals surface area contributed by atoms with Crippen molar-refractivity contribution in [1.29, 1.82) is 0 Å². The molecule has 0 atom stereocenters. The Labute approximate surface area is 153 Å². The standard InChI is InChI=1S/C20H24N2O4/c1-26-19-12-8-16(9-13-19)4-2-3-5-20(23)21-15-14-17-6-10-18(11-7-17)22(24)25/h6-13H,2-5,14-15H2,1H3,(H,21,23). The van der Waals surface area contributed by atoms with E-state index in [9.17, 15) is 14.9 Å². The Morgan fingerprint density at radius 3 is 2.23 bits per heavy atom. The minimum atomic E-state index is -0.419. The van der Waals surface area contributed by atoms with Gasteiger partial charge in [0.2, 0.25) is 5.91 Å². The summed E-state index contributed by atoms with van der Waals surface area (Å²) >= 11 is 0. The minimum absolute atomic E-state index is 0.0432. The molecule has 0 saturated carbocycles. The molecule has 1 N–H and O–H groups in total. The number of methoxy groups -OCH3 is 1. The van der Waals surface area contributed by atoms with E-state index in [4.69, 9.17) is 4.74 Å². The van der Waals surface area contributed by atoms with Crippen LogP contribution in [0.2, 0.25) is 0 Å². The number of rotatable bonds is 10. The lowest BCUT2D eigenvalue weighted by molar-refractivity contribution is -0.384. The molecule has 0 radical (unpaired) electrons. The molecule has 138 valence electrons. The molecule has 0 aliphatic heterocycles. The zero-order chi connectivity index (χ0) is 18.8. The number of non-ortho nitro benzene ring substituents is 1. The van der Waals surface area contributed by atoms with Crippen molar-refractivity contribution in [2.45, 2.75) is 32.1 Å². The van der Waals surface area contributed by atoms with Crippen LogP contribution in [0.4, 0.5) is 5.69 Å². The number of ether oxygens (including phenoxy) is 1. The summed E-state index contributed by atoms with van der Waals surface area (Å²) in [6, 6.07) is 14.4. The molecule has 1 amide bonds. The molecule has 0 saturated heterocycles. The van der Waals surface area contributed by atoms with Crippen molar-refractivity contribution in [1.82, 2.24) is 5.32 Å². The Hall–Kier alpha value is -2.89. The Kier molecular flexibility index (Phi) is 7.61. The zero-order valence-electron chi connectivity index (χ0n) is 14.9. The van der Waals surface area contributed by atoms with Gasteiger partial charge in [0.1, 0.15) is 5.75 Å². The number of unbranched alkanes of at least 4 members (excludes halogenated alkanes) is 1. The third kappa shape index (κ3) is 6.55. The Bertz CT molecular complexity index is 712. The van der Waals surface area contributed by atoms with E-state index in [1.54, 1.807) is 19.2 Å². The number of hydrogen-bond acceptors (Lipinski definition) is 4. The zero-order valence-corrected chi connectivity index (χ0v) is 14.9. The predicted molar refractivity (Wildman–Crippen MR) is 100 cm³/mol. The summed E-state index contributed by atoms with van der Waals surface area (Å²) in [6.07, 6.45) is 3.92. The lowest BCUT2D eigenvalue weighted by atomic mass is 10.1. The van der Waals surface area contributed by atoms with Gasteiger partial charge in [0.15, 0.2) is 0 Å². The molecular weight excluding hydrogens is 332 g/mol. The van der Waals surface area contributed by atoms with E-state index in [1.165, 1.54) is 17.7 Å².